The molecule has 0 saturated carbocycles. The number of carboxylic acid groups (broad SMARTS) is 1. The van der Waals surface area contributed by atoms with Crippen LogP contribution in [0.25, 0.3) is 0 Å². The Balaban J connectivity index is 2.91. The number of aliphatic carboxylic acids is 1. The van der Waals surface area contributed by atoms with Gasteiger partial charge in [-0.15, -0.1) is 0 Å². The first-order valence-corrected chi connectivity index (χ1v) is 11.0. The molecule has 1 atom stereocenters. The normalized spacial score (nSPS) is 11.5. The number of nitrogens with zero attached hydrogens (tertiary/aromatic N) is 1. The van der Waals surface area contributed by atoms with E-state index in [0.29, 0.717) is 12.8 Å². The van der Waals surface area contributed by atoms with Gasteiger partial charge in [0.1, 0.15) is 18.2 Å². The fraction of sp³-hybridized carbons (Fsp3) is 0.478. The van der Waals surface area contributed by atoms with Crippen LogP contribution in [0.2, 0.25) is 0 Å². The molecule has 35 heavy (non-hydrogen) atoms. The number of rotatable bonds is 10. The topological polar surface area (TPSA) is 171 Å². The molecular formula is C23H32N4O8. The van der Waals surface area contributed by atoms with Crippen molar-refractivity contribution in [3.63, 3.8) is 0 Å². The van der Waals surface area contributed by atoms with E-state index >= 15 is 0 Å². The summed E-state index contributed by atoms with van der Waals surface area (Å²) in [4.78, 5) is 73.2. The molecule has 0 aliphatic rings. The molecule has 1 aromatic rings. The average Bonchev–Trinajstić information content (AvgIpc) is 2.75. The van der Waals surface area contributed by atoms with Crippen LogP contribution in [0.3, 0.4) is 0 Å². The lowest BCUT2D eigenvalue weighted by molar-refractivity contribution is -0.142. The summed E-state index contributed by atoms with van der Waals surface area (Å²) in [6.45, 7) is 6.01. The zero-order valence-corrected chi connectivity index (χ0v) is 20.3. The van der Waals surface area contributed by atoms with Crippen LogP contribution in [-0.2, 0) is 23.9 Å². The van der Waals surface area contributed by atoms with Gasteiger partial charge in [-0.1, -0.05) is 31.5 Å². The molecule has 1 rings (SSSR count). The molecule has 0 radical (unpaired) electrons. The van der Waals surface area contributed by atoms with Gasteiger partial charge in [-0.2, -0.15) is 0 Å². The van der Waals surface area contributed by atoms with Gasteiger partial charge in [-0.3, -0.25) is 29.3 Å². The largest absolute Gasteiger partial charge is 0.481 e. The molecule has 0 bridgehead atoms. The molecular weight excluding hydrogens is 460 g/mol. The molecule has 0 heterocycles. The van der Waals surface area contributed by atoms with Crippen LogP contribution in [0.5, 0.6) is 0 Å². The van der Waals surface area contributed by atoms with E-state index in [2.05, 4.69) is 10.7 Å². The van der Waals surface area contributed by atoms with Crippen LogP contribution < -0.4 is 16.1 Å². The Morgan fingerprint density at radius 2 is 1.69 bits per heavy atom. The smallest absolute Gasteiger partial charge is 0.426 e. The fourth-order valence-electron chi connectivity index (χ4n) is 2.69. The summed E-state index contributed by atoms with van der Waals surface area (Å²) in [5.41, 5.74) is 1.50. The Morgan fingerprint density at radius 1 is 1.06 bits per heavy atom. The zero-order chi connectivity index (χ0) is 26.6. The van der Waals surface area contributed by atoms with Gasteiger partial charge in [0, 0.05) is 12.0 Å². The van der Waals surface area contributed by atoms with Crippen LogP contribution in [0.15, 0.2) is 30.3 Å². The van der Waals surface area contributed by atoms with Crippen molar-refractivity contribution in [2.45, 2.75) is 65.0 Å². The van der Waals surface area contributed by atoms with Gasteiger partial charge in [0.2, 0.25) is 17.7 Å². The molecule has 0 fully saturated rings. The van der Waals surface area contributed by atoms with Crippen LogP contribution in [0.1, 0.15) is 63.7 Å². The minimum atomic E-state index is -1.61. The number of carboxylic acids is 1. The summed E-state index contributed by atoms with van der Waals surface area (Å²) in [6.07, 6.45) is -0.566. The third kappa shape index (κ3) is 11.6. The third-order valence-corrected chi connectivity index (χ3v) is 4.28. The highest BCUT2D eigenvalue weighted by molar-refractivity contribution is 6.07. The molecule has 0 aromatic heterocycles. The van der Waals surface area contributed by atoms with E-state index in [4.69, 9.17) is 9.84 Å². The highest BCUT2D eigenvalue weighted by Gasteiger charge is 2.28. The lowest BCUT2D eigenvalue weighted by Crippen LogP contribution is -2.55. The Kier molecular flexibility index (Phi) is 11.4. The highest BCUT2D eigenvalue weighted by atomic mass is 16.6. The van der Waals surface area contributed by atoms with Crippen molar-refractivity contribution in [3.8, 4) is 0 Å². The van der Waals surface area contributed by atoms with E-state index in [1.54, 1.807) is 39.0 Å². The Labute approximate surface area is 203 Å². The molecule has 0 spiro atoms. The van der Waals surface area contributed by atoms with Crippen molar-refractivity contribution in [1.29, 1.82) is 0 Å². The first-order valence-electron chi connectivity index (χ1n) is 11.0. The molecule has 0 unspecified atom stereocenters. The van der Waals surface area contributed by atoms with Gasteiger partial charge in [-0.05, 0) is 39.3 Å². The summed E-state index contributed by atoms with van der Waals surface area (Å²) in [5, 5.41) is 14.1. The summed E-state index contributed by atoms with van der Waals surface area (Å²) >= 11 is 0. The first kappa shape index (κ1) is 29.1. The number of hydrazine groups is 1. The van der Waals surface area contributed by atoms with Crippen LogP contribution >= 0.6 is 0 Å². The molecule has 12 nitrogen and oxygen atoms in total. The molecule has 0 aliphatic heterocycles. The molecule has 4 N–H and O–H groups in total. The number of hydrogen-bond donors (Lipinski definition) is 4. The van der Waals surface area contributed by atoms with E-state index in [1.165, 1.54) is 12.1 Å². The number of amides is 5. The first-order chi connectivity index (χ1) is 16.3. The van der Waals surface area contributed by atoms with Gasteiger partial charge < -0.3 is 15.2 Å². The number of ether oxygens (including phenoxy) is 1. The van der Waals surface area contributed by atoms with Crippen molar-refractivity contribution < 1.29 is 38.6 Å². The number of nitrogens with one attached hydrogen (secondary N) is 3. The maximum Gasteiger partial charge on any atom is 0.426 e. The second-order valence-electron chi connectivity index (χ2n) is 8.60. The van der Waals surface area contributed by atoms with E-state index in [9.17, 15) is 28.8 Å². The van der Waals surface area contributed by atoms with Crippen molar-refractivity contribution >= 4 is 35.7 Å². The number of carbonyl (C=O) groups is 6. The molecule has 1 aromatic carbocycles. The number of hydrogen-bond acceptors (Lipinski definition) is 7. The predicted molar refractivity (Wildman–Crippen MR) is 124 cm³/mol. The van der Waals surface area contributed by atoms with Crippen molar-refractivity contribution in [1.82, 2.24) is 21.1 Å². The summed E-state index contributed by atoms with van der Waals surface area (Å²) in [5.74, 6) is -4.73. The second-order valence-corrected chi connectivity index (χ2v) is 8.60. The Hall–Kier alpha value is -3.96. The standard InChI is InChI=1S/C23H32N4O8/c1-5-6-12-18(29)27(26-22(34)35-23(2,3)4)14-17(28)24-16(13-19(30)31)21(33)25-20(32)15-10-8-7-9-11-15/h7-11,16H,5-6,12-14H2,1-4H3,(H,24,28)(H,26,34)(H,30,31)(H,25,32,33)/t16-/m0/s1. The highest BCUT2D eigenvalue weighted by Crippen LogP contribution is 2.07. The molecule has 0 aliphatic carbocycles. The zero-order valence-electron chi connectivity index (χ0n) is 20.3. The fourth-order valence-corrected chi connectivity index (χ4v) is 2.69. The minimum Gasteiger partial charge on any atom is -0.481 e. The quantitative estimate of drug-likeness (QED) is 0.355. The number of benzene rings is 1. The van der Waals surface area contributed by atoms with Gasteiger partial charge in [-0.25, -0.2) is 15.2 Å². The number of imide groups is 1. The maximum absolute atomic E-state index is 12.6. The molecule has 0 saturated heterocycles. The van der Waals surface area contributed by atoms with E-state index in [1.807, 2.05) is 12.2 Å². The van der Waals surface area contributed by atoms with Crippen molar-refractivity contribution in [3.05, 3.63) is 35.9 Å². The Morgan fingerprint density at radius 3 is 2.23 bits per heavy atom. The lowest BCUT2D eigenvalue weighted by Gasteiger charge is -2.26. The number of unbranched alkanes of at least 4 members (excludes halogenated alkanes) is 1. The molecule has 12 heteroatoms. The average molecular weight is 493 g/mol. The van der Waals surface area contributed by atoms with E-state index in [-0.39, 0.29) is 12.0 Å². The monoisotopic (exact) mass is 492 g/mol. The minimum absolute atomic E-state index is 0.0319. The van der Waals surface area contributed by atoms with Crippen molar-refractivity contribution in [2.24, 2.45) is 0 Å². The van der Waals surface area contributed by atoms with Gasteiger partial charge in [0.15, 0.2) is 0 Å². The summed E-state index contributed by atoms with van der Waals surface area (Å²) < 4.78 is 5.11. The predicted octanol–water partition coefficient (Wildman–Crippen LogP) is 1.36. The summed E-state index contributed by atoms with van der Waals surface area (Å²) in [7, 11) is 0. The van der Waals surface area contributed by atoms with Crippen LogP contribution in [-0.4, -0.2) is 64.0 Å². The molecule has 5 amide bonds. The van der Waals surface area contributed by atoms with Gasteiger partial charge in [0.25, 0.3) is 5.91 Å². The summed E-state index contributed by atoms with van der Waals surface area (Å²) in [6, 6.07) is 6.13. The lowest BCUT2D eigenvalue weighted by atomic mass is 10.1. The van der Waals surface area contributed by atoms with Gasteiger partial charge in [0.05, 0.1) is 6.42 Å². The van der Waals surface area contributed by atoms with Crippen LogP contribution in [0.4, 0.5) is 4.79 Å². The Bertz CT molecular complexity index is 927. The van der Waals surface area contributed by atoms with Crippen LogP contribution in [0, 0.1) is 0 Å². The SMILES string of the molecule is CCCCC(=O)N(CC(=O)N[C@@H](CC(=O)O)C(=O)NC(=O)c1ccccc1)NC(=O)OC(C)(C)C. The van der Waals surface area contributed by atoms with Crippen molar-refractivity contribution in [2.75, 3.05) is 6.54 Å². The van der Waals surface area contributed by atoms with E-state index < -0.39 is 60.3 Å². The second kappa shape index (κ2) is 13.7. The maximum atomic E-state index is 12.6. The molecule has 192 valence electrons. The third-order valence-electron chi connectivity index (χ3n) is 4.28. The van der Waals surface area contributed by atoms with Gasteiger partial charge >= 0.3 is 12.1 Å². The van der Waals surface area contributed by atoms with E-state index in [0.717, 1.165) is 5.01 Å². The number of carbonyl (C=O) groups excluding carboxylic acids is 5.